The van der Waals surface area contributed by atoms with Gasteiger partial charge in [0.1, 0.15) is 5.82 Å². The van der Waals surface area contributed by atoms with Gasteiger partial charge in [-0.3, -0.25) is 4.72 Å². The van der Waals surface area contributed by atoms with Crippen molar-refractivity contribution in [1.82, 2.24) is 15.0 Å². The standard InChI is InChI=1S/C12H17N5O2S/c1-4-10-14-8-11(15-10)20(18,19)16-9-6-5-7-13-12(9)17(2)3/h5-8,16H,4H2,1-3H3,(H,14,15). The molecule has 0 aromatic carbocycles. The van der Waals surface area contributed by atoms with Crippen molar-refractivity contribution >= 4 is 21.5 Å². The van der Waals surface area contributed by atoms with E-state index in [-0.39, 0.29) is 5.03 Å². The van der Waals surface area contributed by atoms with Gasteiger partial charge in [0.05, 0.1) is 11.9 Å². The summed E-state index contributed by atoms with van der Waals surface area (Å²) in [6.45, 7) is 1.90. The first-order valence-corrected chi connectivity index (χ1v) is 7.61. The Morgan fingerprint density at radius 2 is 2.10 bits per heavy atom. The normalized spacial score (nSPS) is 11.3. The maximum atomic E-state index is 12.3. The third kappa shape index (κ3) is 2.90. The number of anilines is 2. The van der Waals surface area contributed by atoms with Crippen molar-refractivity contribution in [3.63, 3.8) is 0 Å². The molecule has 108 valence electrons. The van der Waals surface area contributed by atoms with Crippen LogP contribution in [-0.4, -0.2) is 37.5 Å². The summed E-state index contributed by atoms with van der Waals surface area (Å²) in [5.74, 6) is 1.18. The van der Waals surface area contributed by atoms with Crippen LogP contribution in [0.2, 0.25) is 0 Å². The van der Waals surface area contributed by atoms with E-state index >= 15 is 0 Å². The van der Waals surface area contributed by atoms with E-state index in [1.807, 2.05) is 6.92 Å². The molecule has 0 saturated heterocycles. The molecule has 0 spiro atoms. The molecule has 0 aliphatic heterocycles. The highest BCUT2D eigenvalue weighted by Crippen LogP contribution is 2.23. The van der Waals surface area contributed by atoms with Gasteiger partial charge in [-0.1, -0.05) is 6.92 Å². The Morgan fingerprint density at radius 3 is 2.70 bits per heavy atom. The smallest absolute Gasteiger partial charge is 0.279 e. The number of sulfonamides is 1. The molecule has 0 amide bonds. The summed E-state index contributed by atoms with van der Waals surface area (Å²) in [4.78, 5) is 12.7. The zero-order valence-electron chi connectivity index (χ0n) is 11.6. The maximum absolute atomic E-state index is 12.3. The first kappa shape index (κ1) is 14.3. The lowest BCUT2D eigenvalue weighted by Crippen LogP contribution is -2.18. The lowest BCUT2D eigenvalue weighted by molar-refractivity contribution is 0.598. The van der Waals surface area contributed by atoms with Crippen LogP contribution >= 0.6 is 0 Å². The molecule has 0 bridgehead atoms. The summed E-state index contributed by atoms with van der Waals surface area (Å²) in [7, 11) is -0.0991. The fourth-order valence-corrected chi connectivity index (χ4v) is 2.69. The number of H-pyrrole nitrogens is 1. The largest absolute Gasteiger partial charge is 0.361 e. The van der Waals surface area contributed by atoms with Crippen molar-refractivity contribution in [3.05, 3.63) is 30.4 Å². The van der Waals surface area contributed by atoms with Gasteiger partial charge in [-0.05, 0) is 12.1 Å². The lowest BCUT2D eigenvalue weighted by atomic mass is 10.4. The number of aromatic amines is 1. The minimum Gasteiger partial charge on any atom is -0.361 e. The van der Waals surface area contributed by atoms with E-state index in [1.165, 1.54) is 6.20 Å². The van der Waals surface area contributed by atoms with Crippen LogP contribution in [0.3, 0.4) is 0 Å². The Kier molecular flexibility index (Phi) is 3.93. The predicted molar refractivity (Wildman–Crippen MR) is 77.3 cm³/mol. The van der Waals surface area contributed by atoms with Gasteiger partial charge in [0.15, 0.2) is 10.8 Å². The summed E-state index contributed by atoms with van der Waals surface area (Å²) in [6, 6.07) is 3.34. The minimum atomic E-state index is -3.69. The monoisotopic (exact) mass is 295 g/mol. The summed E-state index contributed by atoms with van der Waals surface area (Å²) in [6.07, 6.45) is 3.57. The van der Waals surface area contributed by atoms with Crippen molar-refractivity contribution in [2.45, 2.75) is 18.4 Å². The molecule has 8 heteroatoms. The molecule has 2 heterocycles. The second-order valence-corrected chi connectivity index (χ2v) is 6.07. The minimum absolute atomic E-state index is 0.0444. The van der Waals surface area contributed by atoms with E-state index in [0.29, 0.717) is 23.8 Å². The van der Waals surface area contributed by atoms with Gasteiger partial charge >= 0.3 is 0 Å². The van der Waals surface area contributed by atoms with Crippen LogP contribution in [0.15, 0.2) is 29.6 Å². The lowest BCUT2D eigenvalue weighted by Gasteiger charge is -2.16. The number of hydrogen-bond acceptors (Lipinski definition) is 5. The maximum Gasteiger partial charge on any atom is 0.279 e. The van der Waals surface area contributed by atoms with Gasteiger partial charge in [-0.25, -0.2) is 9.97 Å². The summed E-state index contributed by atoms with van der Waals surface area (Å²) < 4.78 is 27.1. The number of nitrogens with zero attached hydrogens (tertiary/aromatic N) is 3. The Morgan fingerprint density at radius 1 is 1.35 bits per heavy atom. The van der Waals surface area contributed by atoms with E-state index in [4.69, 9.17) is 0 Å². The third-order valence-corrected chi connectivity index (χ3v) is 3.96. The molecule has 2 rings (SSSR count). The fraction of sp³-hybridized carbons (Fsp3) is 0.333. The zero-order chi connectivity index (χ0) is 14.8. The topological polar surface area (TPSA) is 91.0 Å². The van der Waals surface area contributed by atoms with Crippen LogP contribution in [0.25, 0.3) is 0 Å². The highest BCUT2D eigenvalue weighted by Gasteiger charge is 2.19. The van der Waals surface area contributed by atoms with Crippen LogP contribution in [0, 0.1) is 0 Å². The van der Waals surface area contributed by atoms with Crippen LogP contribution in [0.4, 0.5) is 11.5 Å². The van der Waals surface area contributed by atoms with E-state index in [2.05, 4.69) is 19.7 Å². The summed E-state index contributed by atoms with van der Waals surface area (Å²) >= 11 is 0. The highest BCUT2D eigenvalue weighted by atomic mass is 32.2. The van der Waals surface area contributed by atoms with Crippen molar-refractivity contribution in [2.24, 2.45) is 0 Å². The average molecular weight is 295 g/mol. The first-order chi connectivity index (χ1) is 9.44. The quantitative estimate of drug-likeness (QED) is 0.866. The number of imidazole rings is 1. The molecule has 0 aliphatic carbocycles. The number of hydrogen-bond donors (Lipinski definition) is 2. The Balaban J connectivity index is 2.33. The molecule has 2 N–H and O–H groups in total. The predicted octanol–water partition coefficient (Wildman–Crippen LogP) is 1.23. The average Bonchev–Trinajstić information content (AvgIpc) is 2.88. The summed E-state index contributed by atoms with van der Waals surface area (Å²) in [5.41, 5.74) is 0.421. The molecule has 0 unspecified atom stereocenters. The highest BCUT2D eigenvalue weighted by molar-refractivity contribution is 7.92. The van der Waals surface area contributed by atoms with E-state index in [9.17, 15) is 8.42 Å². The molecular formula is C12H17N5O2S. The SMILES string of the molecule is CCc1ncc(S(=O)(=O)Nc2cccnc2N(C)C)[nH]1. The Bertz CT molecular complexity index is 693. The van der Waals surface area contributed by atoms with E-state index in [0.717, 1.165) is 0 Å². The van der Waals surface area contributed by atoms with Gasteiger partial charge in [0, 0.05) is 26.7 Å². The van der Waals surface area contributed by atoms with Gasteiger partial charge in [-0.15, -0.1) is 0 Å². The van der Waals surface area contributed by atoms with Crippen LogP contribution < -0.4 is 9.62 Å². The van der Waals surface area contributed by atoms with E-state index in [1.54, 1.807) is 37.3 Å². The van der Waals surface area contributed by atoms with Crippen LogP contribution in [0.1, 0.15) is 12.7 Å². The van der Waals surface area contributed by atoms with Gasteiger partial charge < -0.3 is 9.88 Å². The molecule has 0 radical (unpaired) electrons. The Labute approximate surface area is 118 Å². The second-order valence-electron chi connectivity index (χ2n) is 4.42. The summed E-state index contributed by atoms with van der Waals surface area (Å²) in [5, 5.41) is 0.0444. The molecule has 0 aliphatic rings. The van der Waals surface area contributed by atoms with Gasteiger partial charge in [0.2, 0.25) is 0 Å². The van der Waals surface area contributed by atoms with Crippen molar-refractivity contribution in [1.29, 1.82) is 0 Å². The molecule has 0 saturated carbocycles. The van der Waals surface area contributed by atoms with Crippen LogP contribution in [-0.2, 0) is 16.4 Å². The molecule has 2 aromatic rings. The molecule has 0 fully saturated rings. The molecule has 0 atom stereocenters. The first-order valence-electron chi connectivity index (χ1n) is 6.13. The van der Waals surface area contributed by atoms with Gasteiger partial charge in [-0.2, -0.15) is 8.42 Å². The molecule has 7 nitrogen and oxygen atoms in total. The third-order valence-electron chi connectivity index (χ3n) is 2.68. The Hall–Kier alpha value is -2.09. The number of nitrogens with one attached hydrogen (secondary N) is 2. The van der Waals surface area contributed by atoms with Gasteiger partial charge in [0.25, 0.3) is 10.0 Å². The molecular weight excluding hydrogens is 278 g/mol. The molecule has 2 aromatic heterocycles. The number of rotatable bonds is 5. The van der Waals surface area contributed by atoms with Crippen LogP contribution in [0.5, 0.6) is 0 Å². The number of aromatic nitrogens is 3. The van der Waals surface area contributed by atoms with E-state index < -0.39 is 10.0 Å². The second kappa shape index (κ2) is 5.49. The number of aryl methyl sites for hydroxylation is 1. The molecule has 20 heavy (non-hydrogen) atoms. The van der Waals surface area contributed by atoms with Crippen molar-refractivity contribution < 1.29 is 8.42 Å². The zero-order valence-corrected chi connectivity index (χ0v) is 12.4. The van der Waals surface area contributed by atoms with Crippen molar-refractivity contribution in [2.75, 3.05) is 23.7 Å². The number of pyridine rings is 1. The van der Waals surface area contributed by atoms with Crippen molar-refractivity contribution in [3.8, 4) is 0 Å². The fourth-order valence-electron chi connectivity index (χ4n) is 1.69.